The van der Waals surface area contributed by atoms with Gasteiger partial charge in [0.2, 0.25) is 5.95 Å². The van der Waals surface area contributed by atoms with Crippen molar-refractivity contribution in [3.05, 3.63) is 0 Å². The Balaban J connectivity index is 2.64. The molecule has 1 aromatic rings. The summed E-state index contributed by atoms with van der Waals surface area (Å²) >= 11 is 1.12. The van der Waals surface area contributed by atoms with E-state index in [0.29, 0.717) is 5.16 Å². The summed E-state index contributed by atoms with van der Waals surface area (Å²) in [5.74, 6) is 5.13. The van der Waals surface area contributed by atoms with Gasteiger partial charge < -0.3 is 9.47 Å². The molecule has 0 saturated heterocycles. The van der Waals surface area contributed by atoms with Crippen LogP contribution in [0.2, 0.25) is 0 Å². The molecule has 0 atom stereocenters. The lowest BCUT2D eigenvalue weighted by atomic mass is 10.2. The number of thioether (sulfide) groups is 1. The topological polar surface area (TPSA) is 112 Å². The quantitative estimate of drug-likeness (QED) is 0.348. The van der Waals surface area contributed by atoms with Gasteiger partial charge in [0.25, 0.3) is 0 Å². The molecule has 8 nitrogen and oxygen atoms in total. The molecule has 1 aromatic heterocycles. The molecule has 0 fully saturated rings. The summed E-state index contributed by atoms with van der Waals surface area (Å²) < 4.78 is 10.1. The average molecular weight is 287 g/mol. The summed E-state index contributed by atoms with van der Waals surface area (Å²) in [5.41, 5.74) is 1.78. The van der Waals surface area contributed by atoms with Crippen LogP contribution in [0.25, 0.3) is 0 Å². The summed E-state index contributed by atoms with van der Waals surface area (Å²) in [7, 11) is 1.43. The summed E-state index contributed by atoms with van der Waals surface area (Å²) in [6, 6.07) is 0.120. The van der Waals surface area contributed by atoms with Crippen LogP contribution < -0.4 is 16.0 Å². The van der Waals surface area contributed by atoms with Crippen LogP contribution in [0.1, 0.15) is 20.8 Å². The molecule has 0 amide bonds. The Morgan fingerprint density at radius 1 is 1.37 bits per heavy atom. The Hall–Kier alpha value is -1.61. The highest BCUT2D eigenvalue weighted by Gasteiger charge is 2.17. The first-order valence-corrected chi connectivity index (χ1v) is 6.44. The highest BCUT2D eigenvalue weighted by Crippen LogP contribution is 2.18. The van der Waals surface area contributed by atoms with Gasteiger partial charge in [0.1, 0.15) is 5.60 Å². The molecule has 19 heavy (non-hydrogen) atoms. The number of nitrogens with one attached hydrogen (secondary N) is 1. The number of nitrogens with two attached hydrogens (primary N) is 1. The van der Waals surface area contributed by atoms with Crippen molar-refractivity contribution >= 4 is 23.7 Å². The summed E-state index contributed by atoms with van der Waals surface area (Å²) in [6.45, 7) is 5.41. The number of ether oxygens (including phenoxy) is 2. The second kappa shape index (κ2) is 6.53. The van der Waals surface area contributed by atoms with E-state index >= 15 is 0 Å². The Morgan fingerprint density at radius 3 is 2.58 bits per heavy atom. The maximum Gasteiger partial charge on any atom is 0.321 e. The third-order valence-electron chi connectivity index (χ3n) is 1.65. The predicted molar refractivity (Wildman–Crippen MR) is 70.8 cm³/mol. The number of methoxy groups -OCH3 is 1. The number of aromatic nitrogens is 3. The van der Waals surface area contributed by atoms with Gasteiger partial charge in [-0.25, -0.2) is 5.84 Å². The maximum absolute atomic E-state index is 11.6. The molecule has 0 spiro atoms. The average Bonchev–Trinajstić information content (AvgIpc) is 2.33. The Bertz CT molecular complexity index is 427. The number of rotatable bonds is 5. The van der Waals surface area contributed by atoms with Crippen molar-refractivity contribution in [2.45, 2.75) is 31.5 Å². The van der Waals surface area contributed by atoms with Gasteiger partial charge in [0.05, 0.1) is 12.9 Å². The normalized spacial score (nSPS) is 11.0. The fourth-order valence-electron chi connectivity index (χ4n) is 1.05. The largest absolute Gasteiger partial charge is 0.467 e. The fourth-order valence-corrected chi connectivity index (χ4v) is 1.65. The number of hydrogen-bond acceptors (Lipinski definition) is 9. The SMILES string of the molecule is COc1nc(NN)nc(SCC(=O)OC(C)(C)C)n1. The van der Waals surface area contributed by atoms with Crippen molar-refractivity contribution < 1.29 is 14.3 Å². The fraction of sp³-hybridized carbons (Fsp3) is 0.600. The van der Waals surface area contributed by atoms with Crippen molar-refractivity contribution in [3.63, 3.8) is 0 Å². The second-order valence-corrected chi connectivity index (χ2v) is 5.39. The number of carbonyl (C=O) groups is 1. The van der Waals surface area contributed by atoms with Gasteiger partial charge >= 0.3 is 12.0 Å². The molecule has 9 heteroatoms. The lowest BCUT2D eigenvalue weighted by Gasteiger charge is -2.19. The number of anilines is 1. The smallest absolute Gasteiger partial charge is 0.321 e. The van der Waals surface area contributed by atoms with E-state index in [0.717, 1.165) is 11.8 Å². The first-order chi connectivity index (χ1) is 8.84. The van der Waals surface area contributed by atoms with Crippen LogP contribution >= 0.6 is 11.8 Å². The minimum atomic E-state index is -0.515. The van der Waals surface area contributed by atoms with Gasteiger partial charge in [-0.05, 0) is 20.8 Å². The van der Waals surface area contributed by atoms with Gasteiger partial charge in [0.15, 0.2) is 5.16 Å². The van der Waals surface area contributed by atoms with Gasteiger partial charge in [-0.1, -0.05) is 11.8 Å². The van der Waals surface area contributed by atoms with Crippen LogP contribution in [-0.4, -0.2) is 39.4 Å². The zero-order valence-electron chi connectivity index (χ0n) is 11.3. The Morgan fingerprint density at radius 2 is 2.05 bits per heavy atom. The molecule has 0 radical (unpaired) electrons. The highest BCUT2D eigenvalue weighted by molar-refractivity contribution is 7.99. The molecular formula is C10H17N5O3S. The van der Waals surface area contributed by atoms with E-state index in [9.17, 15) is 4.79 Å². The number of hydrogen-bond donors (Lipinski definition) is 2. The minimum Gasteiger partial charge on any atom is -0.467 e. The van der Waals surface area contributed by atoms with Gasteiger partial charge in [-0.2, -0.15) is 15.0 Å². The molecule has 3 N–H and O–H groups in total. The van der Waals surface area contributed by atoms with Crippen molar-refractivity contribution in [1.82, 2.24) is 15.0 Å². The predicted octanol–water partition coefficient (Wildman–Crippen LogP) is 0.600. The van der Waals surface area contributed by atoms with E-state index in [-0.39, 0.29) is 23.7 Å². The molecule has 1 rings (SSSR count). The van der Waals surface area contributed by atoms with Gasteiger partial charge in [-0.3, -0.25) is 10.2 Å². The Kier molecular flexibility index (Phi) is 5.31. The number of carbonyl (C=O) groups excluding carboxylic acids is 1. The zero-order valence-corrected chi connectivity index (χ0v) is 12.1. The molecule has 0 aliphatic carbocycles. The summed E-state index contributed by atoms with van der Waals surface area (Å²) in [4.78, 5) is 23.4. The van der Waals surface area contributed by atoms with Crippen LogP contribution in [-0.2, 0) is 9.53 Å². The third kappa shape index (κ3) is 5.71. The molecule has 0 saturated carbocycles. The van der Waals surface area contributed by atoms with Crippen LogP contribution in [0.5, 0.6) is 6.01 Å². The maximum atomic E-state index is 11.6. The van der Waals surface area contributed by atoms with Crippen molar-refractivity contribution in [2.75, 3.05) is 18.3 Å². The first kappa shape index (κ1) is 15.4. The molecule has 0 unspecified atom stereocenters. The molecular weight excluding hydrogens is 270 g/mol. The second-order valence-electron chi connectivity index (χ2n) is 4.45. The van der Waals surface area contributed by atoms with E-state index < -0.39 is 5.60 Å². The standard InChI is InChI=1S/C10H17N5O3S/c1-10(2,3)18-6(16)5-19-9-13-7(15-11)12-8(14-9)17-4/h5,11H2,1-4H3,(H,12,13,14,15). The number of esters is 1. The van der Waals surface area contributed by atoms with Gasteiger partial charge in [-0.15, -0.1) is 0 Å². The lowest BCUT2D eigenvalue weighted by Crippen LogP contribution is -2.25. The molecule has 0 bridgehead atoms. The first-order valence-electron chi connectivity index (χ1n) is 5.45. The van der Waals surface area contributed by atoms with Crippen molar-refractivity contribution in [1.29, 1.82) is 0 Å². The number of hydrazine groups is 1. The van der Waals surface area contributed by atoms with E-state index in [1.807, 2.05) is 0 Å². The number of nitrogens with zero attached hydrogens (tertiary/aromatic N) is 3. The molecule has 106 valence electrons. The van der Waals surface area contributed by atoms with Crippen molar-refractivity contribution in [2.24, 2.45) is 5.84 Å². The molecule has 0 aliphatic rings. The van der Waals surface area contributed by atoms with E-state index in [1.165, 1.54) is 7.11 Å². The summed E-state index contributed by atoms with van der Waals surface area (Å²) in [5, 5.41) is 0.325. The van der Waals surface area contributed by atoms with Gasteiger partial charge in [0, 0.05) is 0 Å². The van der Waals surface area contributed by atoms with E-state index in [1.54, 1.807) is 20.8 Å². The van der Waals surface area contributed by atoms with Crippen molar-refractivity contribution in [3.8, 4) is 6.01 Å². The highest BCUT2D eigenvalue weighted by atomic mass is 32.2. The van der Waals surface area contributed by atoms with Crippen LogP contribution in [0.3, 0.4) is 0 Å². The van der Waals surface area contributed by atoms with Crippen LogP contribution in [0, 0.1) is 0 Å². The lowest BCUT2D eigenvalue weighted by molar-refractivity contribution is -0.151. The molecule has 1 heterocycles. The zero-order chi connectivity index (χ0) is 14.5. The molecule has 0 aliphatic heterocycles. The van der Waals surface area contributed by atoms with E-state index in [2.05, 4.69) is 20.4 Å². The minimum absolute atomic E-state index is 0.0917. The van der Waals surface area contributed by atoms with Crippen LogP contribution in [0.15, 0.2) is 5.16 Å². The monoisotopic (exact) mass is 287 g/mol. The Labute approximate surface area is 115 Å². The third-order valence-corrected chi connectivity index (χ3v) is 2.47. The summed E-state index contributed by atoms with van der Waals surface area (Å²) in [6.07, 6.45) is 0. The van der Waals surface area contributed by atoms with Crippen LogP contribution in [0.4, 0.5) is 5.95 Å². The number of nitrogen functional groups attached to an aromatic ring is 1. The van der Waals surface area contributed by atoms with E-state index in [4.69, 9.17) is 15.3 Å². The molecule has 0 aromatic carbocycles.